The van der Waals surface area contributed by atoms with Crippen molar-refractivity contribution in [1.29, 1.82) is 0 Å². The van der Waals surface area contributed by atoms with Crippen molar-refractivity contribution in [2.24, 2.45) is 0 Å². The van der Waals surface area contributed by atoms with Gasteiger partial charge in [0.25, 0.3) is 5.91 Å². The number of nitrogens with one attached hydrogen (secondary N) is 1. The number of alkyl halides is 3. The van der Waals surface area contributed by atoms with Crippen LogP contribution in [-0.4, -0.2) is 15.3 Å². The molecule has 0 saturated carbocycles. The molecule has 0 spiro atoms. The lowest BCUT2D eigenvalue weighted by Crippen LogP contribution is -2.17. The largest absolute Gasteiger partial charge is 0.418 e. The number of aromatic nitrogens is 2. The van der Waals surface area contributed by atoms with Gasteiger partial charge in [-0.2, -0.15) is 13.2 Å². The number of carbonyl (C=O) groups is 1. The maximum Gasteiger partial charge on any atom is 0.418 e. The zero-order chi connectivity index (χ0) is 17.5. The Morgan fingerprint density at radius 3 is 2.62 bits per heavy atom. The number of pyridine rings is 1. The molecule has 3 aromatic rings. The first kappa shape index (κ1) is 16.4. The van der Waals surface area contributed by atoms with Gasteiger partial charge in [-0.1, -0.05) is 0 Å². The van der Waals surface area contributed by atoms with Crippen LogP contribution in [0.4, 0.5) is 23.2 Å². The van der Waals surface area contributed by atoms with Crippen molar-refractivity contribution in [1.82, 2.24) is 9.38 Å². The van der Waals surface area contributed by atoms with E-state index in [-0.39, 0.29) is 5.69 Å². The lowest BCUT2D eigenvalue weighted by molar-refractivity contribution is -0.137. The van der Waals surface area contributed by atoms with Crippen molar-refractivity contribution in [2.75, 3.05) is 5.32 Å². The van der Waals surface area contributed by atoms with Crippen molar-refractivity contribution < 1.29 is 22.4 Å². The van der Waals surface area contributed by atoms with Gasteiger partial charge in [-0.15, -0.1) is 0 Å². The fraction of sp³-hybridized carbons (Fsp3) is 0.0667. The fourth-order valence-electron chi connectivity index (χ4n) is 2.12. The number of hydrogen-bond donors (Lipinski definition) is 1. The number of amides is 1. The Labute approximate surface area is 141 Å². The molecule has 2 heterocycles. The maximum atomic E-state index is 13.1. The average molecular weight is 402 g/mol. The first-order valence-corrected chi connectivity index (χ1v) is 7.36. The minimum absolute atomic E-state index is 0.0643. The SMILES string of the molecule is O=C(Nc1ccc(F)cc1C(F)(F)F)c1cn2cc(Br)ccc2n1. The summed E-state index contributed by atoms with van der Waals surface area (Å²) in [5.41, 5.74) is -1.40. The minimum Gasteiger partial charge on any atom is -0.320 e. The van der Waals surface area contributed by atoms with Crippen LogP contribution in [0.1, 0.15) is 16.1 Å². The molecule has 0 saturated heterocycles. The summed E-state index contributed by atoms with van der Waals surface area (Å²) in [5, 5.41) is 2.12. The summed E-state index contributed by atoms with van der Waals surface area (Å²) in [7, 11) is 0. The van der Waals surface area contributed by atoms with Crippen LogP contribution in [-0.2, 0) is 6.18 Å². The predicted molar refractivity (Wildman–Crippen MR) is 82.2 cm³/mol. The van der Waals surface area contributed by atoms with Crippen LogP contribution in [0.3, 0.4) is 0 Å². The van der Waals surface area contributed by atoms with Crippen molar-refractivity contribution in [2.45, 2.75) is 6.18 Å². The van der Waals surface area contributed by atoms with Gasteiger partial charge >= 0.3 is 6.18 Å². The van der Waals surface area contributed by atoms with Gasteiger partial charge in [0.05, 0.1) is 11.3 Å². The van der Waals surface area contributed by atoms with Gasteiger partial charge in [-0.25, -0.2) is 9.37 Å². The predicted octanol–water partition coefficient (Wildman–Crippen LogP) is 4.51. The van der Waals surface area contributed by atoms with E-state index in [9.17, 15) is 22.4 Å². The molecule has 0 unspecified atom stereocenters. The number of halogens is 5. The number of benzene rings is 1. The normalized spacial score (nSPS) is 11.7. The third-order valence-electron chi connectivity index (χ3n) is 3.18. The van der Waals surface area contributed by atoms with Gasteiger partial charge in [-0.05, 0) is 46.3 Å². The highest BCUT2D eigenvalue weighted by molar-refractivity contribution is 9.10. The molecular formula is C15H8BrF4N3O. The summed E-state index contributed by atoms with van der Waals surface area (Å²) < 4.78 is 54.2. The molecule has 0 aliphatic heterocycles. The number of nitrogens with zero attached hydrogens (tertiary/aromatic N) is 2. The van der Waals surface area contributed by atoms with Gasteiger partial charge < -0.3 is 9.72 Å². The monoisotopic (exact) mass is 401 g/mol. The second kappa shape index (κ2) is 5.90. The van der Waals surface area contributed by atoms with E-state index in [0.29, 0.717) is 11.7 Å². The third-order valence-corrected chi connectivity index (χ3v) is 3.65. The Kier molecular flexibility index (Phi) is 4.04. The molecule has 0 fully saturated rings. The van der Waals surface area contributed by atoms with Crippen LogP contribution in [0.15, 0.2) is 47.2 Å². The Bertz CT molecular complexity index is 936. The molecular weight excluding hydrogens is 394 g/mol. The number of rotatable bonds is 2. The highest BCUT2D eigenvalue weighted by Crippen LogP contribution is 2.35. The summed E-state index contributed by atoms with van der Waals surface area (Å²) >= 11 is 3.26. The van der Waals surface area contributed by atoms with Crippen LogP contribution in [0.5, 0.6) is 0 Å². The second-order valence-corrected chi connectivity index (χ2v) is 5.80. The molecule has 1 N–H and O–H groups in total. The number of carbonyl (C=O) groups excluding carboxylic acids is 1. The number of anilines is 1. The molecule has 4 nitrogen and oxygen atoms in total. The van der Waals surface area contributed by atoms with Gasteiger partial charge in [0.1, 0.15) is 17.2 Å². The molecule has 0 aliphatic carbocycles. The van der Waals surface area contributed by atoms with Crippen molar-refractivity contribution >= 4 is 33.2 Å². The summed E-state index contributed by atoms with van der Waals surface area (Å²) in [6.45, 7) is 0. The van der Waals surface area contributed by atoms with E-state index >= 15 is 0 Å². The lowest BCUT2D eigenvalue weighted by atomic mass is 10.1. The van der Waals surface area contributed by atoms with E-state index in [4.69, 9.17) is 0 Å². The van der Waals surface area contributed by atoms with E-state index < -0.39 is 29.2 Å². The van der Waals surface area contributed by atoms with Crippen molar-refractivity contribution in [3.8, 4) is 0 Å². The molecule has 2 aromatic heterocycles. The van der Waals surface area contributed by atoms with Crippen LogP contribution < -0.4 is 5.32 Å². The number of hydrogen-bond acceptors (Lipinski definition) is 2. The Hall–Kier alpha value is -2.42. The number of fused-ring (bicyclic) bond motifs is 1. The van der Waals surface area contributed by atoms with Gasteiger partial charge in [0, 0.05) is 16.9 Å². The third kappa shape index (κ3) is 3.25. The van der Waals surface area contributed by atoms with Crippen molar-refractivity contribution in [3.05, 3.63) is 64.3 Å². The summed E-state index contributed by atoms with van der Waals surface area (Å²) in [6.07, 6.45) is -1.77. The van der Waals surface area contributed by atoms with Gasteiger partial charge in [0.15, 0.2) is 0 Å². The molecule has 1 amide bonds. The summed E-state index contributed by atoms with van der Waals surface area (Å²) in [4.78, 5) is 16.2. The lowest BCUT2D eigenvalue weighted by Gasteiger charge is -2.13. The quantitative estimate of drug-likeness (QED) is 0.642. The van der Waals surface area contributed by atoms with E-state index in [1.165, 1.54) is 6.20 Å². The van der Waals surface area contributed by atoms with Gasteiger partial charge in [-0.3, -0.25) is 4.79 Å². The molecule has 1 aromatic carbocycles. The first-order chi connectivity index (χ1) is 11.2. The Morgan fingerprint density at radius 1 is 1.17 bits per heavy atom. The summed E-state index contributed by atoms with van der Waals surface area (Å²) in [5.74, 6) is -1.87. The fourth-order valence-corrected chi connectivity index (χ4v) is 2.47. The minimum atomic E-state index is -4.80. The van der Waals surface area contributed by atoms with Crippen LogP contribution in [0.25, 0.3) is 5.65 Å². The maximum absolute atomic E-state index is 13.1. The number of imidazole rings is 1. The van der Waals surface area contributed by atoms with E-state index in [1.54, 1.807) is 22.7 Å². The highest BCUT2D eigenvalue weighted by atomic mass is 79.9. The Balaban J connectivity index is 1.94. The smallest absolute Gasteiger partial charge is 0.320 e. The first-order valence-electron chi connectivity index (χ1n) is 6.56. The molecule has 3 rings (SSSR count). The Morgan fingerprint density at radius 2 is 1.92 bits per heavy atom. The highest BCUT2D eigenvalue weighted by Gasteiger charge is 2.34. The zero-order valence-electron chi connectivity index (χ0n) is 11.7. The van der Waals surface area contributed by atoms with Crippen LogP contribution in [0, 0.1) is 5.82 Å². The molecule has 0 bridgehead atoms. The molecule has 24 heavy (non-hydrogen) atoms. The van der Waals surface area contributed by atoms with Gasteiger partial charge in [0.2, 0.25) is 0 Å². The molecule has 9 heteroatoms. The average Bonchev–Trinajstić information content (AvgIpc) is 2.91. The second-order valence-electron chi connectivity index (χ2n) is 4.88. The molecule has 0 radical (unpaired) electrons. The van der Waals surface area contributed by atoms with Crippen LogP contribution >= 0.6 is 15.9 Å². The summed E-state index contributed by atoms with van der Waals surface area (Å²) in [6, 6.07) is 5.39. The molecule has 124 valence electrons. The van der Waals surface area contributed by atoms with E-state index in [1.807, 2.05) is 0 Å². The van der Waals surface area contributed by atoms with E-state index in [0.717, 1.165) is 16.6 Å². The van der Waals surface area contributed by atoms with E-state index in [2.05, 4.69) is 26.2 Å². The van der Waals surface area contributed by atoms with Crippen LogP contribution in [0.2, 0.25) is 0 Å². The molecule has 0 atom stereocenters. The molecule has 0 aliphatic rings. The van der Waals surface area contributed by atoms with Crippen molar-refractivity contribution in [3.63, 3.8) is 0 Å². The topological polar surface area (TPSA) is 46.4 Å². The zero-order valence-corrected chi connectivity index (χ0v) is 13.3. The standard InChI is InChI=1S/C15H8BrF4N3O/c16-8-1-4-13-21-12(7-23(13)6-8)14(24)22-11-3-2-9(17)5-10(11)15(18,19)20/h1-7H,(H,22,24).